The average molecular weight is 265 g/mol. The van der Waals surface area contributed by atoms with E-state index in [1.54, 1.807) is 11.3 Å². The molecule has 0 spiro atoms. The maximum atomic E-state index is 4.58. The van der Waals surface area contributed by atoms with Crippen LogP contribution in [0.2, 0.25) is 0 Å². The smallest absolute Gasteiger partial charge is 0.194 e. The van der Waals surface area contributed by atoms with Crippen molar-refractivity contribution in [2.24, 2.45) is 5.92 Å². The van der Waals surface area contributed by atoms with Crippen LogP contribution in [0, 0.1) is 12.8 Å². The lowest BCUT2D eigenvalue weighted by Gasteiger charge is -2.22. The normalized spacial score (nSPS) is 13.6. The minimum absolute atomic E-state index is 0.559. The molecule has 100 valence electrons. The van der Waals surface area contributed by atoms with Crippen molar-refractivity contribution in [3.63, 3.8) is 0 Å². The molecular formula is C14H23N3S. The highest BCUT2D eigenvalue weighted by molar-refractivity contribution is 7.15. The highest BCUT2D eigenvalue weighted by Crippen LogP contribution is 2.18. The van der Waals surface area contributed by atoms with Crippen molar-refractivity contribution in [1.29, 1.82) is 0 Å². The molecule has 18 heavy (non-hydrogen) atoms. The van der Waals surface area contributed by atoms with Crippen LogP contribution in [0.4, 0.5) is 0 Å². The second-order valence-electron chi connectivity index (χ2n) is 4.95. The number of imidazole rings is 1. The van der Waals surface area contributed by atoms with E-state index in [9.17, 15) is 0 Å². The van der Waals surface area contributed by atoms with Crippen LogP contribution in [0.15, 0.2) is 11.6 Å². The first-order valence-electron chi connectivity index (χ1n) is 6.81. The standard InChI is InChI=1S/C14H23N3S/c1-5-12(6-2)10(3)15-9-13-11(4)16-14-17(13)7-8-18-14/h7-8,10,12,15H,5-6,9H2,1-4H3. The predicted molar refractivity (Wildman–Crippen MR) is 78.2 cm³/mol. The van der Waals surface area contributed by atoms with Gasteiger partial charge in [-0.1, -0.05) is 26.7 Å². The van der Waals surface area contributed by atoms with Crippen LogP contribution in [-0.4, -0.2) is 15.4 Å². The number of aromatic nitrogens is 2. The van der Waals surface area contributed by atoms with Crippen LogP contribution in [0.3, 0.4) is 0 Å². The minimum Gasteiger partial charge on any atom is -0.308 e. The summed E-state index contributed by atoms with van der Waals surface area (Å²) in [4.78, 5) is 5.67. The van der Waals surface area contributed by atoms with Gasteiger partial charge in [0.05, 0.1) is 11.4 Å². The summed E-state index contributed by atoms with van der Waals surface area (Å²) in [7, 11) is 0. The number of hydrogen-bond donors (Lipinski definition) is 1. The van der Waals surface area contributed by atoms with Gasteiger partial charge in [0, 0.05) is 24.2 Å². The van der Waals surface area contributed by atoms with Gasteiger partial charge in [0.1, 0.15) is 0 Å². The molecule has 0 fully saturated rings. The zero-order chi connectivity index (χ0) is 13.1. The Morgan fingerprint density at radius 3 is 2.78 bits per heavy atom. The highest BCUT2D eigenvalue weighted by atomic mass is 32.1. The van der Waals surface area contributed by atoms with Gasteiger partial charge in [-0.25, -0.2) is 4.98 Å². The van der Waals surface area contributed by atoms with Crippen LogP contribution >= 0.6 is 11.3 Å². The molecule has 1 atom stereocenters. The Balaban J connectivity index is 2.05. The van der Waals surface area contributed by atoms with Crippen molar-refractivity contribution in [1.82, 2.24) is 14.7 Å². The van der Waals surface area contributed by atoms with Gasteiger partial charge in [0.15, 0.2) is 4.96 Å². The summed E-state index contributed by atoms with van der Waals surface area (Å²) in [5, 5.41) is 5.75. The fourth-order valence-corrected chi connectivity index (χ4v) is 3.35. The fourth-order valence-electron chi connectivity index (χ4n) is 2.57. The van der Waals surface area contributed by atoms with Gasteiger partial charge < -0.3 is 5.32 Å². The number of fused-ring (bicyclic) bond motifs is 1. The second kappa shape index (κ2) is 5.85. The van der Waals surface area contributed by atoms with E-state index in [-0.39, 0.29) is 0 Å². The van der Waals surface area contributed by atoms with Crippen molar-refractivity contribution in [3.05, 3.63) is 23.0 Å². The average Bonchev–Trinajstić information content (AvgIpc) is 2.89. The minimum atomic E-state index is 0.559. The second-order valence-corrected chi connectivity index (χ2v) is 5.82. The lowest BCUT2D eigenvalue weighted by molar-refractivity contribution is 0.351. The number of hydrogen-bond acceptors (Lipinski definition) is 3. The number of aryl methyl sites for hydroxylation is 1. The van der Waals surface area contributed by atoms with Gasteiger partial charge in [-0.2, -0.15) is 0 Å². The molecule has 0 aliphatic heterocycles. The highest BCUT2D eigenvalue weighted by Gasteiger charge is 2.15. The molecule has 0 amide bonds. The summed E-state index contributed by atoms with van der Waals surface area (Å²) in [5.74, 6) is 0.760. The molecule has 1 unspecified atom stereocenters. The molecule has 2 aromatic rings. The van der Waals surface area contributed by atoms with Gasteiger partial charge in [-0.15, -0.1) is 11.3 Å². The van der Waals surface area contributed by atoms with Gasteiger partial charge in [-0.3, -0.25) is 4.40 Å². The first-order valence-corrected chi connectivity index (χ1v) is 7.69. The molecule has 0 radical (unpaired) electrons. The van der Waals surface area contributed by atoms with E-state index in [1.807, 2.05) is 0 Å². The summed E-state index contributed by atoms with van der Waals surface area (Å²) in [6.07, 6.45) is 4.59. The Kier molecular flexibility index (Phi) is 4.40. The Morgan fingerprint density at radius 2 is 2.11 bits per heavy atom. The van der Waals surface area contributed by atoms with Crippen LogP contribution in [0.1, 0.15) is 45.0 Å². The fraction of sp³-hybridized carbons (Fsp3) is 0.643. The first kappa shape index (κ1) is 13.6. The van der Waals surface area contributed by atoms with Crippen LogP contribution in [0.5, 0.6) is 0 Å². The summed E-state index contributed by atoms with van der Waals surface area (Å²) in [6.45, 7) is 9.83. The third-order valence-corrected chi connectivity index (χ3v) is 4.67. The summed E-state index contributed by atoms with van der Waals surface area (Å²) in [5.41, 5.74) is 2.44. The molecule has 4 heteroatoms. The lowest BCUT2D eigenvalue weighted by atomic mass is 9.95. The van der Waals surface area contributed by atoms with Gasteiger partial charge in [0.2, 0.25) is 0 Å². The first-order chi connectivity index (χ1) is 8.67. The van der Waals surface area contributed by atoms with Crippen molar-refractivity contribution in [2.75, 3.05) is 0 Å². The van der Waals surface area contributed by atoms with E-state index in [2.05, 4.69) is 54.0 Å². The van der Waals surface area contributed by atoms with Gasteiger partial charge in [-0.05, 0) is 19.8 Å². The van der Waals surface area contributed by atoms with Gasteiger partial charge in [0.25, 0.3) is 0 Å². The third-order valence-electron chi connectivity index (χ3n) is 3.91. The van der Waals surface area contributed by atoms with E-state index >= 15 is 0 Å². The number of thiazole rings is 1. The molecule has 0 aromatic carbocycles. The Hall–Kier alpha value is -0.870. The monoisotopic (exact) mass is 265 g/mol. The van der Waals surface area contributed by atoms with Crippen molar-refractivity contribution < 1.29 is 0 Å². The van der Waals surface area contributed by atoms with E-state index in [0.717, 1.165) is 23.1 Å². The molecule has 0 aliphatic carbocycles. The van der Waals surface area contributed by atoms with Crippen molar-refractivity contribution in [2.45, 2.75) is 53.1 Å². The quantitative estimate of drug-likeness (QED) is 0.864. The molecule has 0 bridgehead atoms. The maximum absolute atomic E-state index is 4.58. The summed E-state index contributed by atoms with van der Waals surface area (Å²) >= 11 is 1.70. The Morgan fingerprint density at radius 1 is 1.39 bits per heavy atom. The maximum Gasteiger partial charge on any atom is 0.194 e. The van der Waals surface area contributed by atoms with E-state index in [1.165, 1.54) is 18.5 Å². The van der Waals surface area contributed by atoms with Crippen LogP contribution in [0.25, 0.3) is 4.96 Å². The number of rotatable bonds is 6. The van der Waals surface area contributed by atoms with Crippen LogP contribution in [-0.2, 0) is 6.54 Å². The topological polar surface area (TPSA) is 29.3 Å². The van der Waals surface area contributed by atoms with Crippen molar-refractivity contribution >= 4 is 16.3 Å². The molecule has 0 aliphatic rings. The van der Waals surface area contributed by atoms with Crippen LogP contribution < -0.4 is 5.32 Å². The molecule has 0 saturated heterocycles. The SMILES string of the molecule is CCC(CC)C(C)NCc1c(C)nc2sccn12. The van der Waals surface area contributed by atoms with E-state index < -0.39 is 0 Å². The molecular weight excluding hydrogens is 242 g/mol. The molecule has 2 heterocycles. The number of nitrogens with zero attached hydrogens (tertiary/aromatic N) is 2. The molecule has 0 saturated carbocycles. The molecule has 2 aromatic heterocycles. The third kappa shape index (κ3) is 2.59. The Bertz CT molecular complexity index is 496. The predicted octanol–water partition coefficient (Wildman–Crippen LogP) is 3.62. The zero-order valence-corrected chi connectivity index (χ0v) is 12.5. The van der Waals surface area contributed by atoms with E-state index in [4.69, 9.17) is 0 Å². The molecule has 1 N–H and O–H groups in total. The summed E-state index contributed by atoms with van der Waals surface area (Å²) in [6, 6.07) is 0.559. The largest absolute Gasteiger partial charge is 0.308 e. The van der Waals surface area contributed by atoms with Crippen molar-refractivity contribution in [3.8, 4) is 0 Å². The number of nitrogens with one attached hydrogen (secondary N) is 1. The Labute approximate surface area is 113 Å². The molecule has 2 rings (SSSR count). The molecule has 3 nitrogen and oxygen atoms in total. The lowest BCUT2D eigenvalue weighted by Crippen LogP contribution is -2.33. The zero-order valence-electron chi connectivity index (χ0n) is 11.7. The van der Waals surface area contributed by atoms with E-state index in [0.29, 0.717) is 6.04 Å². The summed E-state index contributed by atoms with van der Waals surface area (Å²) < 4.78 is 2.20. The van der Waals surface area contributed by atoms with Gasteiger partial charge >= 0.3 is 0 Å².